The Morgan fingerprint density at radius 2 is 2.00 bits per heavy atom. The molecule has 98 valence electrons. The van der Waals surface area contributed by atoms with Crippen LogP contribution >= 0.6 is 0 Å². The van der Waals surface area contributed by atoms with E-state index in [9.17, 15) is 23.1 Å². The number of aliphatic carboxylic acids is 1. The number of carboxylic acid groups (broad SMARTS) is 1. The third kappa shape index (κ3) is 4.00. The second-order valence-electron chi connectivity index (χ2n) is 3.40. The quantitative estimate of drug-likeness (QED) is 0.822. The van der Waals surface area contributed by atoms with Gasteiger partial charge in [-0.25, -0.2) is 4.79 Å². The number of rotatable bonds is 3. The molecule has 0 aliphatic carbocycles. The molecule has 0 saturated heterocycles. The molecule has 18 heavy (non-hydrogen) atoms. The summed E-state index contributed by atoms with van der Waals surface area (Å²) in [6.45, 7) is 1.25. The average molecular weight is 262 g/mol. The van der Waals surface area contributed by atoms with E-state index >= 15 is 0 Å². The Bertz CT molecular complexity index is 492. The van der Waals surface area contributed by atoms with Crippen LogP contribution in [0.3, 0.4) is 0 Å². The van der Waals surface area contributed by atoms with Crippen molar-refractivity contribution in [1.29, 1.82) is 0 Å². The topological polar surface area (TPSA) is 66.8 Å². The minimum Gasteiger partial charge on any atom is -0.507 e. The van der Waals surface area contributed by atoms with Gasteiger partial charge < -0.3 is 14.9 Å². The zero-order chi connectivity index (χ0) is 13.9. The molecule has 0 fully saturated rings. The van der Waals surface area contributed by atoms with Crippen LogP contribution in [0.1, 0.15) is 12.5 Å². The number of hydrogen-bond donors (Lipinski definition) is 2. The van der Waals surface area contributed by atoms with Crippen molar-refractivity contribution in [3.05, 3.63) is 29.3 Å². The maximum Gasteiger partial charge on any atom is 0.573 e. The van der Waals surface area contributed by atoms with Gasteiger partial charge in [0, 0.05) is 11.1 Å². The van der Waals surface area contributed by atoms with E-state index in [2.05, 4.69) is 4.74 Å². The maximum absolute atomic E-state index is 12.0. The number of carbonyl (C=O) groups is 1. The first-order valence-electron chi connectivity index (χ1n) is 4.69. The summed E-state index contributed by atoms with van der Waals surface area (Å²) in [5, 5.41) is 18.0. The van der Waals surface area contributed by atoms with Crippen molar-refractivity contribution in [3.63, 3.8) is 0 Å². The SMILES string of the molecule is C/C(=C\c1cc(OC(F)(F)F)ccc1O)C(=O)O. The molecule has 1 aromatic rings. The number of alkyl halides is 3. The molecule has 1 rings (SSSR count). The fourth-order valence-electron chi connectivity index (χ4n) is 1.14. The molecular weight excluding hydrogens is 253 g/mol. The zero-order valence-corrected chi connectivity index (χ0v) is 9.15. The summed E-state index contributed by atoms with van der Waals surface area (Å²) in [6.07, 6.45) is -3.80. The Morgan fingerprint density at radius 1 is 1.39 bits per heavy atom. The number of carboxylic acids is 1. The summed E-state index contributed by atoms with van der Waals surface area (Å²) >= 11 is 0. The number of phenols is 1. The van der Waals surface area contributed by atoms with E-state index < -0.39 is 18.1 Å². The van der Waals surface area contributed by atoms with Crippen molar-refractivity contribution < 1.29 is 32.9 Å². The van der Waals surface area contributed by atoms with Crippen LogP contribution < -0.4 is 4.74 Å². The van der Waals surface area contributed by atoms with Gasteiger partial charge in [-0.05, 0) is 31.2 Å². The highest BCUT2D eigenvalue weighted by Crippen LogP contribution is 2.29. The molecule has 0 heterocycles. The van der Waals surface area contributed by atoms with Gasteiger partial charge in [-0.3, -0.25) is 0 Å². The predicted octanol–water partition coefficient (Wildman–Crippen LogP) is 2.78. The van der Waals surface area contributed by atoms with Crippen LogP contribution in [0.4, 0.5) is 13.2 Å². The fourth-order valence-corrected chi connectivity index (χ4v) is 1.14. The van der Waals surface area contributed by atoms with E-state index in [-0.39, 0.29) is 16.9 Å². The van der Waals surface area contributed by atoms with Gasteiger partial charge >= 0.3 is 12.3 Å². The van der Waals surface area contributed by atoms with Gasteiger partial charge in [0.1, 0.15) is 11.5 Å². The van der Waals surface area contributed by atoms with E-state index in [0.29, 0.717) is 0 Å². The van der Waals surface area contributed by atoms with E-state index in [1.54, 1.807) is 0 Å². The van der Waals surface area contributed by atoms with Gasteiger partial charge in [-0.2, -0.15) is 0 Å². The number of hydrogen-bond acceptors (Lipinski definition) is 3. The van der Waals surface area contributed by atoms with Crippen LogP contribution in [-0.2, 0) is 4.79 Å². The minimum atomic E-state index is -4.85. The van der Waals surface area contributed by atoms with Crippen molar-refractivity contribution in [2.75, 3.05) is 0 Å². The van der Waals surface area contributed by atoms with Crippen LogP contribution in [0.5, 0.6) is 11.5 Å². The first kappa shape index (κ1) is 13.9. The van der Waals surface area contributed by atoms with Gasteiger partial charge in [-0.15, -0.1) is 13.2 Å². The van der Waals surface area contributed by atoms with Gasteiger partial charge in [0.15, 0.2) is 0 Å². The van der Waals surface area contributed by atoms with Crippen LogP contribution in [0.2, 0.25) is 0 Å². The Kier molecular flexibility index (Phi) is 3.85. The normalized spacial score (nSPS) is 12.3. The predicted molar refractivity (Wildman–Crippen MR) is 56.1 cm³/mol. The molecular formula is C11H9F3O4. The Morgan fingerprint density at radius 3 is 2.50 bits per heavy atom. The molecule has 0 aliphatic heterocycles. The number of benzene rings is 1. The third-order valence-electron chi connectivity index (χ3n) is 1.94. The van der Waals surface area contributed by atoms with E-state index in [4.69, 9.17) is 5.11 Å². The number of ether oxygens (including phenoxy) is 1. The second kappa shape index (κ2) is 4.99. The molecule has 0 amide bonds. The summed E-state index contributed by atoms with van der Waals surface area (Å²) in [4.78, 5) is 10.6. The molecule has 0 atom stereocenters. The highest BCUT2D eigenvalue weighted by atomic mass is 19.4. The van der Waals surface area contributed by atoms with Crippen LogP contribution in [0.25, 0.3) is 6.08 Å². The molecule has 4 nitrogen and oxygen atoms in total. The van der Waals surface area contributed by atoms with Gasteiger partial charge in [0.05, 0.1) is 0 Å². The first-order chi connectivity index (χ1) is 8.19. The standard InChI is InChI=1S/C11H9F3O4/c1-6(10(16)17)4-7-5-8(2-3-9(7)15)18-11(12,13)14/h2-5,15H,1H3,(H,16,17)/b6-4+. The monoisotopic (exact) mass is 262 g/mol. The Hall–Kier alpha value is -2.18. The van der Waals surface area contributed by atoms with E-state index in [0.717, 1.165) is 24.3 Å². The summed E-state index contributed by atoms with van der Waals surface area (Å²) in [6, 6.07) is 2.81. The molecule has 0 unspecified atom stereocenters. The Labute approximate surface area is 99.9 Å². The third-order valence-corrected chi connectivity index (χ3v) is 1.94. The highest BCUT2D eigenvalue weighted by Gasteiger charge is 2.31. The van der Waals surface area contributed by atoms with Gasteiger partial charge in [-0.1, -0.05) is 0 Å². The smallest absolute Gasteiger partial charge is 0.507 e. The van der Waals surface area contributed by atoms with Crippen LogP contribution in [0.15, 0.2) is 23.8 Å². The molecule has 2 N–H and O–H groups in total. The van der Waals surface area contributed by atoms with E-state index in [1.807, 2.05) is 0 Å². The molecule has 0 radical (unpaired) electrons. The first-order valence-corrected chi connectivity index (χ1v) is 4.69. The summed E-state index contributed by atoms with van der Waals surface area (Å²) in [5.74, 6) is -2.12. The Balaban J connectivity index is 3.09. The number of halogens is 3. The fraction of sp³-hybridized carbons (Fsp3) is 0.182. The van der Waals surface area contributed by atoms with Gasteiger partial charge in [0.2, 0.25) is 0 Å². The van der Waals surface area contributed by atoms with Crippen molar-refractivity contribution >= 4 is 12.0 Å². The lowest BCUT2D eigenvalue weighted by molar-refractivity contribution is -0.274. The molecule has 1 aromatic carbocycles. The molecule has 0 aromatic heterocycles. The number of aromatic hydroxyl groups is 1. The summed E-state index contributed by atoms with van der Waals surface area (Å²) in [7, 11) is 0. The van der Waals surface area contributed by atoms with Crippen molar-refractivity contribution in [2.45, 2.75) is 13.3 Å². The average Bonchev–Trinajstić information content (AvgIpc) is 2.20. The van der Waals surface area contributed by atoms with Crippen molar-refractivity contribution in [2.24, 2.45) is 0 Å². The van der Waals surface area contributed by atoms with Crippen molar-refractivity contribution in [1.82, 2.24) is 0 Å². The summed E-state index contributed by atoms with van der Waals surface area (Å²) in [5.41, 5.74) is -0.203. The van der Waals surface area contributed by atoms with Crippen molar-refractivity contribution in [3.8, 4) is 11.5 Å². The largest absolute Gasteiger partial charge is 0.573 e. The van der Waals surface area contributed by atoms with Crippen LogP contribution in [0, 0.1) is 0 Å². The molecule has 0 saturated carbocycles. The highest BCUT2D eigenvalue weighted by molar-refractivity contribution is 5.91. The number of phenolic OH excluding ortho intramolecular Hbond substituents is 1. The lowest BCUT2D eigenvalue weighted by Gasteiger charge is -2.10. The van der Waals surface area contributed by atoms with Crippen LogP contribution in [-0.4, -0.2) is 22.5 Å². The second-order valence-corrected chi connectivity index (χ2v) is 3.40. The summed E-state index contributed by atoms with van der Waals surface area (Å²) < 4.78 is 39.6. The molecule has 0 aliphatic rings. The lowest BCUT2D eigenvalue weighted by atomic mass is 10.1. The minimum absolute atomic E-state index is 0.0725. The maximum atomic E-state index is 12.0. The molecule has 7 heteroatoms. The molecule has 0 bridgehead atoms. The zero-order valence-electron chi connectivity index (χ0n) is 9.15. The molecule has 0 spiro atoms. The van der Waals surface area contributed by atoms with Gasteiger partial charge in [0.25, 0.3) is 0 Å². The van der Waals surface area contributed by atoms with E-state index in [1.165, 1.54) is 6.92 Å². The lowest BCUT2D eigenvalue weighted by Crippen LogP contribution is -2.17.